The van der Waals surface area contributed by atoms with Gasteiger partial charge in [-0.15, -0.1) is 11.8 Å². The molecule has 35 heavy (non-hydrogen) atoms. The van der Waals surface area contributed by atoms with E-state index in [2.05, 4.69) is 4.72 Å². The van der Waals surface area contributed by atoms with E-state index in [0.29, 0.717) is 27.9 Å². The first-order valence-corrected chi connectivity index (χ1v) is 13.5. The number of rotatable bonds is 5. The van der Waals surface area contributed by atoms with Crippen LogP contribution in [0.1, 0.15) is 43.5 Å². The van der Waals surface area contributed by atoms with E-state index in [1.807, 2.05) is 6.92 Å². The predicted octanol–water partition coefficient (Wildman–Crippen LogP) is 4.96. The molecule has 9 heteroatoms. The van der Waals surface area contributed by atoms with Crippen LogP contribution in [0.4, 0.5) is 10.1 Å². The Kier molecular flexibility index (Phi) is 6.75. The van der Waals surface area contributed by atoms with Crippen molar-refractivity contribution in [1.82, 2.24) is 4.72 Å². The summed E-state index contributed by atoms with van der Waals surface area (Å²) in [5.74, 6) is -1.26. The maximum atomic E-state index is 13.5. The van der Waals surface area contributed by atoms with Crippen LogP contribution in [-0.2, 0) is 14.8 Å². The second-order valence-corrected chi connectivity index (χ2v) is 11.3. The fourth-order valence-electron chi connectivity index (χ4n) is 4.52. The summed E-state index contributed by atoms with van der Waals surface area (Å²) >= 11 is 1.36. The van der Waals surface area contributed by atoms with Crippen LogP contribution in [0.25, 0.3) is 0 Å². The molecule has 3 aromatic carbocycles. The fraction of sp³-hybridized carbons (Fsp3) is 0.231. The van der Waals surface area contributed by atoms with Gasteiger partial charge in [-0.2, -0.15) is 0 Å². The van der Waals surface area contributed by atoms with Crippen LogP contribution in [0, 0.1) is 33.5 Å². The molecule has 6 nitrogen and oxygen atoms in total. The monoisotopic (exact) mass is 512 g/mol. The first-order chi connectivity index (χ1) is 16.5. The minimum atomic E-state index is -4.17. The van der Waals surface area contributed by atoms with E-state index in [1.54, 1.807) is 57.2 Å². The second kappa shape index (κ2) is 9.47. The predicted molar refractivity (Wildman–Crippen MR) is 136 cm³/mol. The van der Waals surface area contributed by atoms with Crippen molar-refractivity contribution < 1.29 is 22.4 Å². The zero-order valence-corrected chi connectivity index (χ0v) is 21.4. The number of hydrogen-bond donors (Lipinski definition) is 1. The minimum absolute atomic E-state index is 0.0580. The molecular weight excluding hydrogens is 487 g/mol. The van der Waals surface area contributed by atoms with Gasteiger partial charge in [-0.3, -0.25) is 14.5 Å². The van der Waals surface area contributed by atoms with E-state index in [4.69, 9.17) is 0 Å². The molecule has 1 aliphatic rings. The molecule has 4 rings (SSSR count). The molecular formula is C26H25FN2O4S2. The van der Waals surface area contributed by atoms with Crippen LogP contribution in [0.5, 0.6) is 0 Å². The highest BCUT2D eigenvalue weighted by molar-refractivity contribution is 8.00. The van der Waals surface area contributed by atoms with Gasteiger partial charge in [0.1, 0.15) is 11.2 Å². The van der Waals surface area contributed by atoms with Crippen molar-refractivity contribution in [2.45, 2.75) is 38.0 Å². The third-order valence-corrected chi connectivity index (χ3v) is 8.69. The van der Waals surface area contributed by atoms with Crippen LogP contribution in [0.3, 0.4) is 0 Å². The zero-order valence-electron chi connectivity index (χ0n) is 19.8. The summed E-state index contributed by atoms with van der Waals surface area (Å²) in [6, 6.07) is 14.2. The van der Waals surface area contributed by atoms with Crippen LogP contribution < -0.4 is 9.62 Å². The van der Waals surface area contributed by atoms with Crippen molar-refractivity contribution in [3.05, 3.63) is 93.8 Å². The number of nitrogens with zero attached hydrogens (tertiary/aromatic N) is 1. The van der Waals surface area contributed by atoms with Crippen LogP contribution in [0.2, 0.25) is 0 Å². The minimum Gasteiger partial charge on any atom is -0.294 e. The van der Waals surface area contributed by atoms with Crippen molar-refractivity contribution in [2.75, 3.05) is 10.7 Å². The van der Waals surface area contributed by atoms with E-state index in [9.17, 15) is 22.4 Å². The van der Waals surface area contributed by atoms with Crippen molar-refractivity contribution in [3.63, 3.8) is 0 Å². The summed E-state index contributed by atoms with van der Waals surface area (Å²) in [5.41, 5.74) is 3.74. The Labute approximate surface area is 208 Å². The number of carbonyl (C=O) groups excluding carboxylic acids is 2. The number of carbonyl (C=O) groups is 2. The van der Waals surface area contributed by atoms with Gasteiger partial charge in [-0.05, 0) is 68.1 Å². The number of sulfonamides is 1. The third kappa shape index (κ3) is 4.83. The molecule has 0 aliphatic carbocycles. The first kappa shape index (κ1) is 24.9. The lowest BCUT2D eigenvalue weighted by molar-refractivity contribution is -0.115. The van der Waals surface area contributed by atoms with E-state index < -0.39 is 27.1 Å². The van der Waals surface area contributed by atoms with E-state index >= 15 is 0 Å². The quantitative estimate of drug-likeness (QED) is 0.523. The van der Waals surface area contributed by atoms with E-state index in [1.165, 1.54) is 34.9 Å². The van der Waals surface area contributed by atoms with Gasteiger partial charge < -0.3 is 0 Å². The van der Waals surface area contributed by atoms with Gasteiger partial charge in [0.25, 0.3) is 15.9 Å². The lowest BCUT2D eigenvalue weighted by Gasteiger charge is -2.28. The SMILES string of the molecule is Cc1cc(C)c(S(=O)(=O)NC(=O)c2cccc(C)c2N2C(=O)CSC2c2ccc(F)cc2)c(C)c1. The highest BCUT2D eigenvalue weighted by Gasteiger charge is 2.37. The van der Waals surface area contributed by atoms with E-state index in [0.717, 1.165) is 5.56 Å². The van der Waals surface area contributed by atoms with Gasteiger partial charge in [0.15, 0.2) is 0 Å². The Balaban J connectivity index is 1.75. The Morgan fingerprint density at radius 1 is 1.00 bits per heavy atom. The Bertz CT molecular complexity index is 1410. The zero-order chi connectivity index (χ0) is 25.5. The van der Waals surface area contributed by atoms with Crippen molar-refractivity contribution in [2.24, 2.45) is 0 Å². The average Bonchev–Trinajstić information content (AvgIpc) is 3.13. The summed E-state index contributed by atoms with van der Waals surface area (Å²) in [4.78, 5) is 27.9. The van der Waals surface area contributed by atoms with Crippen molar-refractivity contribution in [1.29, 1.82) is 0 Å². The molecule has 1 saturated heterocycles. The van der Waals surface area contributed by atoms with Crippen molar-refractivity contribution in [3.8, 4) is 0 Å². The molecule has 1 unspecified atom stereocenters. The topological polar surface area (TPSA) is 83.6 Å². The summed E-state index contributed by atoms with van der Waals surface area (Å²) < 4.78 is 42.1. The molecule has 0 spiro atoms. The number of hydrogen-bond acceptors (Lipinski definition) is 5. The van der Waals surface area contributed by atoms with Crippen LogP contribution in [-0.4, -0.2) is 26.0 Å². The molecule has 0 bridgehead atoms. The molecule has 1 atom stereocenters. The smallest absolute Gasteiger partial charge is 0.267 e. The Morgan fingerprint density at radius 2 is 1.63 bits per heavy atom. The Hall–Kier alpha value is -3.17. The summed E-state index contributed by atoms with van der Waals surface area (Å²) in [7, 11) is -4.17. The fourth-order valence-corrected chi connectivity index (χ4v) is 7.10. The largest absolute Gasteiger partial charge is 0.294 e. The van der Waals surface area contributed by atoms with Gasteiger partial charge in [-0.1, -0.05) is 42.0 Å². The van der Waals surface area contributed by atoms with Crippen molar-refractivity contribution >= 4 is 39.3 Å². The second-order valence-electron chi connectivity index (χ2n) is 8.61. The number of nitrogens with one attached hydrogen (secondary N) is 1. The molecule has 1 fully saturated rings. The molecule has 3 aromatic rings. The van der Waals surface area contributed by atoms with Crippen LogP contribution >= 0.6 is 11.8 Å². The third-order valence-electron chi connectivity index (χ3n) is 5.85. The average molecular weight is 513 g/mol. The molecule has 1 aliphatic heterocycles. The standard InChI is InChI=1S/C26H25FN2O4S2/c1-15-12-17(3)24(18(4)13-15)35(32,33)28-25(31)21-7-5-6-16(2)23(21)29-22(30)14-34-26(29)19-8-10-20(27)11-9-19/h5-13,26H,14H2,1-4H3,(H,28,31). The van der Waals surface area contributed by atoms with Gasteiger partial charge >= 0.3 is 0 Å². The maximum Gasteiger partial charge on any atom is 0.267 e. The normalized spacial score (nSPS) is 16.0. The number of thioether (sulfide) groups is 1. The molecule has 1 heterocycles. The summed E-state index contributed by atoms with van der Waals surface area (Å²) in [6.07, 6.45) is 0. The van der Waals surface area contributed by atoms with Gasteiger partial charge in [0, 0.05) is 0 Å². The summed E-state index contributed by atoms with van der Waals surface area (Å²) in [5, 5.41) is -0.478. The molecule has 1 N–H and O–H groups in total. The number of amides is 2. The number of benzene rings is 3. The highest BCUT2D eigenvalue weighted by atomic mass is 32.2. The van der Waals surface area contributed by atoms with E-state index in [-0.39, 0.29) is 22.1 Å². The molecule has 0 saturated carbocycles. The van der Waals surface area contributed by atoms with Gasteiger partial charge in [-0.25, -0.2) is 17.5 Å². The number of para-hydroxylation sites is 1. The molecule has 0 radical (unpaired) electrons. The van der Waals surface area contributed by atoms with Crippen LogP contribution in [0.15, 0.2) is 59.5 Å². The highest BCUT2D eigenvalue weighted by Crippen LogP contribution is 2.44. The first-order valence-electron chi connectivity index (χ1n) is 10.9. The maximum absolute atomic E-state index is 13.5. The number of halogens is 1. The number of anilines is 1. The Morgan fingerprint density at radius 3 is 2.26 bits per heavy atom. The van der Waals surface area contributed by atoms with Gasteiger partial charge in [0.2, 0.25) is 5.91 Å². The lowest BCUT2D eigenvalue weighted by atomic mass is 10.0. The molecule has 182 valence electrons. The molecule has 2 amide bonds. The molecule has 0 aromatic heterocycles. The lowest BCUT2D eigenvalue weighted by Crippen LogP contribution is -2.35. The van der Waals surface area contributed by atoms with Gasteiger partial charge in [0.05, 0.1) is 21.9 Å². The summed E-state index contributed by atoms with van der Waals surface area (Å²) in [6.45, 7) is 7.00. The number of aryl methyl sites for hydroxylation is 4.